The smallest absolute Gasteiger partial charge is 0.296 e. The lowest BCUT2D eigenvalue weighted by atomic mass is 10.1. The topological polar surface area (TPSA) is 107 Å². The molecular formula is C6H8O6. The number of carbonyl (C=O) groups excluding carboxylic acids is 1. The van der Waals surface area contributed by atoms with Gasteiger partial charge in [-0.2, -0.15) is 0 Å². The molecule has 0 saturated heterocycles. The van der Waals surface area contributed by atoms with E-state index in [-0.39, 0.29) is 5.76 Å². The zero-order chi connectivity index (χ0) is 9.52. The number of hydrogen-bond acceptors (Lipinski definition) is 6. The zero-order valence-corrected chi connectivity index (χ0v) is 6.18. The van der Waals surface area contributed by atoms with E-state index in [9.17, 15) is 4.79 Å². The first kappa shape index (κ1) is 8.98. The van der Waals surface area contributed by atoms with E-state index in [1.807, 2.05) is 0 Å². The summed E-state index contributed by atoms with van der Waals surface area (Å²) in [4.78, 5) is 10.8. The highest BCUT2D eigenvalue weighted by atomic mass is 16.7. The first-order valence-electron chi connectivity index (χ1n) is 3.11. The lowest BCUT2D eigenvalue weighted by Crippen LogP contribution is -2.54. The van der Waals surface area contributed by atoms with Gasteiger partial charge in [0.15, 0.2) is 0 Å². The van der Waals surface area contributed by atoms with E-state index in [0.717, 1.165) is 0 Å². The van der Waals surface area contributed by atoms with Gasteiger partial charge in [-0.15, -0.1) is 0 Å². The quantitative estimate of drug-likeness (QED) is 0.330. The molecule has 6 heteroatoms. The Bertz CT molecular complexity index is 253. The van der Waals surface area contributed by atoms with E-state index >= 15 is 0 Å². The summed E-state index contributed by atoms with van der Waals surface area (Å²) < 4.78 is 4.35. The summed E-state index contributed by atoms with van der Waals surface area (Å²) in [5.74, 6) is -5.58. The third-order valence-corrected chi connectivity index (χ3v) is 1.52. The average molecular weight is 176 g/mol. The van der Waals surface area contributed by atoms with Crippen LogP contribution in [0, 0.1) is 0 Å². The molecule has 1 aliphatic heterocycles. The molecular weight excluding hydrogens is 168 g/mol. The number of hydrogen-bond donors (Lipinski definition) is 4. The Hall–Kier alpha value is -1.11. The number of allylic oxidation sites excluding steroid dienone is 1. The molecule has 1 atom stereocenters. The molecule has 0 radical (unpaired) electrons. The van der Waals surface area contributed by atoms with Crippen molar-refractivity contribution in [2.45, 2.75) is 19.0 Å². The maximum absolute atomic E-state index is 10.8. The second-order valence-electron chi connectivity index (χ2n) is 2.43. The molecule has 0 aromatic carbocycles. The maximum Gasteiger partial charge on any atom is 0.296 e. The van der Waals surface area contributed by atoms with Crippen molar-refractivity contribution in [3.05, 3.63) is 11.5 Å². The molecule has 0 bridgehead atoms. The highest BCUT2D eigenvalue weighted by Gasteiger charge is 2.49. The van der Waals surface area contributed by atoms with Gasteiger partial charge in [-0.05, 0) is 6.92 Å². The summed E-state index contributed by atoms with van der Waals surface area (Å²) >= 11 is 0. The molecule has 0 spiro atoms. The van der Waals surface area contributed by atoms with Gasteiger partial charge in [0.1, 0.15) is 5.76 Å². The minimum absolute atomic E-state index is 0.244. The van der Waals surface area contributed by atoms with Crippen molar-refractivity contribution in [1.29, 1.82) is 0 Å². The predicted octanol–water partition coefficient (Wildman–Crippen LogP) is -1.63. The van der Waals surface area contributed by atoms with Crippen LogP contribution in [0.1, 0.15) is 6.92 Å². The SMILES string of the molecule is CC1=C(O)C(=O)C(O)(O)C(O)O1. The van der Waals surface area contributed by atoms with Gasteiger partial charge in [0, 0.05) is 0 Å². The highest BCUT2D eigenvalue weighted by Crippen LogP contribution is 2.23. The maximum atomic E-state index is 10.8. The molecule has 0 amide bonds. The Labute approximate surface area is 67.3 Å². The molecule has 0 aromatic heterocycles. The second-order valence-corrected chi connectivity index (χ2v) is 2.43. The largest absolute Gasteiger partial charge is 0.502 e. The van der Waals surface area contributed by atoms with E-state index in [1.165, 1.54) is 6.92 Å². The molecule has 4 N–H and O–H groups in total. The summed E-state index contributed by atoms with van der Waals surface area (Å²) in [6, 6.07) is 0. The number of ether oxygens (including phenoxy) is 1. The molecule has 1 rings (SSSR count). The van der Waals surface area contributed by atoms with Crippen molar-refractivity contribution in [2.24, 2.45) is 0 Å². The number of carbonyl (C=O) groups is 1. The van der Waals surface area contributed by atoms with Crippen LogP contribution in [0.15, 0.2) is 11.5 Å². The van der Waals surface area contributed by atoms with E-state index < -0.39 is 23.6 Å². The van der Waals surface area contributed by atoms with Gasteiger partial charge < -0.3 is 25.2 Å². The first-order chi connectivity index (χ1) is 5.37. The van der Waals surface area contributed by atoms with Crippen LogP contribution in [0.25, 0.3) is 0 Å². The van der Waals surface area contributed by atoms with E-state index in [0.29, 0.717) is 0 Å². The molecule has 6 nitrogen and oxygen atoms in total. The van der Waals surface area contributed by atoms with Crippen LogP contribution in [0.3, 0.4) is 0 Å². The van der Waals surface area contributed by atoms with E-state index in [2.05, 4.69) is 4.74 Å². The van der Waals surface area contributed by atoms with Crippen molar-refractivity contribution in [3.8, 4) is 0 Å². The molecule has 12 heavy (non-hydrogen) atoms. The number of aliphatic hydroxyl groups excluding tert-OH is 2. The van der Waals surface area contributed by atoms with Crippen LogP contribution in [0.5, 0.6) is 0 Å². The van der Waals surface area contributed by atoms with Gasteiger partial charge in [0.05, 0.1) is 0 Å². The molecule has 1 unspecified atom stereocenters. The molecule has 0 fully saturated rings. The Morgan fingerprint density at radius 1 is 1.50 bits per heavy atom. The van der Waals surface area contributed by atoms with E-state index in [1.54, 1.807) is 0 Å². The standard InChI is InChI=1S/C6H8O6/c1-2-3(7)4(8)6(10,11)5(9)12-2/h5,7,9-11H,1H3. The third-order valence-electron chi connectivity index (χ3n) is 1.52. The summed E-state index contributed by atoms with van der Waals surface area (Å²) in [5, 5.41) is 35.4. The second kappa shape index (κ2) is 2.44. The first-order valence-corrected chi connectivity index (χ1v) is 3.11. The molecule has 0 aliphatic carbocycles. The Kier molecular flexibility index (Phi) is 1.83. The summed E-state index contributed by atoms with van der Waals surface area (Å²) in [5.41, 5.74) is 0. The third kappa shape index (κ3) is 1.06. The molecule has 1 aliphatic rings. The van der Waals surface area contributed by atoms with Gasteiger partial charge in [-0.25, -0.2) is 0 Å². The average Bonchev–Trinajstić information content (AvgIpc) is 1.99. The van der Waals surface area contributed by atoms with Crippen LogP contribution in [0.2, 0.25) is 0 Å². The predicted molar refractivity (Wildman–Crippen MR) is 34.6 cm³/mol. The Morgan fingerprint density at radius 2 is 2.00 bits per heavy atom. The van der Waals surface area contributed by atoms with Gasteiger partial charge in [-0.3, -0.25) is 4.79 Å². The number of Topliss-reactive ketones (excluding diaryl/α,β-unsaturated/α-hetero) is 1. The van der Waals surface area contributed by atoms with Crippen molar-refractivity contribution in [3.63, 3.8) is 0 Å². The van der Waals surface area contributed by atoms with Crippen LogP contribution in [0.4, 0.5) is 0 Å². The number of ketones is 1. The van der Waals surface area contributed by atoms with Gasteiger partial charge in [0.2, 0.25) is 5.76 Å². The molecule has 1 heterocycles. The Balaban J connectivity index is 3.10. The molecule has 0 aromatic rings. The highest BCUT2D eigenvalue weighted by molar-refractivity contribution is 5.99. The number of aliphatic hydroxyl groups is 4. The van der Waals surface area contributed by atoms with Crippen molar-refractivity contribution < 1.29 is 30.0 Å². The van der Waals surface area contributed by atoms with Gasteiger partial charge in [-0.1, -0.05) is 0 Å². The van der Waals surface area contributed by atoms with Crippen molar-refractivity contribution in [2.75, 3.05) is 0 Å². The normalized spacial score (nSPS) is 28.7. The van der Waals surface area contributed by atoms with Gasteiger partial charge in [0.25, 0.3) is 17.9 Å². The van der Waals surface area contributed by atoms with Crippen molar-refractivity contribution in [1.82, 2.24) is 0 Å². The molecule has 0 saturated carbocycles. The lowest BCUT2D eigenvalue weighted by molar-refractivity contribution is -0.283. The van der Waals surface area contributed by atoms with Crippen LogP contribution < -0.4 is 0 Å². The fourth-order valence-corrected chi connectivity index (χ4v) is 0.752. The van der Waals surface area contributed by atoms with Crippen LogP contribution >= 0.6 is 0 Å². The minimum Gasteiger partial charge on any atom is -0.502 e. The van der Waals surface area contributed by atoms with E-state index in [4.69, 9.17) is 20.4 Å². The monoisotopic (exact) mass is 176 g/mol. The summed E-state index contributed by atoms with van der Waals surface area (Å²) in [7, 11) is 0. The lowest BCUT2D eigenvalue weighted by Gasteiger charge is -2.30. The minimum atomic E-state index is -3.07. The molecule has 68 valence electrons. The summed E-state index contributed by atoms with van der Waals surface area (Å²) in [6.07, 6.45) is -2.07. The fraction of sp³-hybridized carbons (Fsp3) is 0.500. The van der Waals surface area contributed by atoms with Crippen LogP contribution in [-0.2, 0) is 9.53 Å². The number of rotatable bonds is 0. The fourth-order valence-electron chi connectivity index (χ4n) is 0.752. The van der Waals surface area contributed by atoms with Crippen molar-refractivity contribution >= 4 is 5.78 Å². The van der Waals surface area contributed by atoms with Crippen LogP contribution in [-0.4, -0.2) is 38.3 Å². The Morgan fingerprint density at radius 3 is 2.50 bits per heavy atom. The zero-order valence-electron chi connectivity index (χ0n) is 6.18. The van der Waals surface area contributed by atoms with Gasteiger partial charge >= 0.3 is 0 Å². The summed E-state index contributed by atoms with van der Waals surface area (Å²) in [6.45, 7) is 1.21.